The third-order valence-electron chi connectivity index (χ3n) is 5.12. The normalized spacial score (nSPS) is 21.6. The molecule has 2 aromatic rings. The third-order valence-corrected chi connectivity index (χ3v) is 5.12. The van der Waals surface area contributed by atoms with Crippen LogP contribution in [0.2, 0.25) is 0 Å². The molecule has 1 saturated heterocycles. The molecule has 0 radical (unpaired) electrons. The van der Waals surface area contributed by atoms with Gasteiger partial charge in [-0.25, -0.2) is 18.7 Å². The molecule has 150 valence electrons. The zero-order chi connectivity index (χ0) is 20.4. The Labute approximate surface area is 165 Å². The highest BCUT2D eigenvalue weighted by Gasteiger charge is 2.38. The minimum atomic E-state index is -1.41. The second kappa shape index (κ2) is 7.95. The summed E-state index contributed by atoms with van der Waals surface area (Å²) < 4.78 is 33.5. The van der Waals surface area contributed by atoms with E-state index >= 15 is 0 Å². The monoisotopic (exact) mass is 400 g/mol. The lowest BCUT2D eigenvalue weighted by molar-refractivity contribution is -0.139. The molecule has 2 aliphatic heterocycles. The van der Waals surface area contributed by atoms with Crippen LogP contribution in [0.25, 0.3) is 0 Å². The number of alkyl halides is 1. The van der Waals surface area contributed by atoms with Crippen molar-refractivity contribution in [3.05, 3.63) is 41.7 Å². The Kier molecular flexibility index (Phi) is 5.20. The van der Waals surface area contributed by atoms with E-state index in [9.17, 15) is 18.8 Å². The van der Waals surface area contributed by atoms with Crippen LogP contribution in [0.1, 0.15) is 17.5 Å². The van der Waals surface area contributed by atoms with Crippen molar-refractivity contribution < 1.29 is 18.3 Å². The van der Waals surface area contributed by atoms with E-state index in [2.05, 4.69) is 15.0 Å². The van der Waals surface area contributed by atoms with E-state index in [1.807, 2.05) is 6.07 Å². The predicted octanol–water partition coefficient (Wildman–Crippen LogP) is 1.47. The smallest absolute Gasteiger partial charge is 0.229 e. The van der Waals surface area contributed by atoms with Gasteiger partial charge in [0.25, 0.3) is 0 Å². The summed E-state index contributed by atoms with van der Waals surface area (Å²) >= 11 is 0. The first-order valence-electron chi connectivity index (χ1n) is 9.22. The zero-order valence-corrected chi connectivity index (χ0v) is 15.5. The lowest BCUT2D eigenvalue weighted by Gasteiger charge is -2.36. The highest BCUT2D eigenvalue weighted by atomic mass is 19.1. The minimum absolute atomic E-state index is 0.0386. The van der Waals surface area contributed by atoms with E-state index in [4.69, 9.17) is 4.74 Å². The number of aromatic nitrogens is 3. The maximum absolute atomic E-state index is 14.9. The third kappa shape index (κ3) is 3.81. The molecule has 10 heteroatoms. The molecule has 0 saturated carbocycles. The van der Waals surface area contributed by atoms with Crippen LogP contribution in [0.4, 0.5) is 14.7 Å². The summed E-state index contributed by atoms with van der Waals surface area (Å²) in [6, 6.07) is 2.03. The summed E-state index contributed by atoms with van der Waals surface area (Å²) in [7, 11) is 0. The van der Waals surface area contributed by atoms with Crippen LogP contribution in [0, 0.1) is 23.1 Å². The van der Waals surface area contributed by atoms with Crippen molar-refractivity contribution in [2.75, 3.05) is 31.1 Å². The van der Waals surface area contributed by atoms with Gasteiger partial charge in [-0.1, -0.05) is 0 Å². The SMILES string of the molecule is N#Cc1cncc2c1OCCN(C(=O)C1CCN(c3ncc(F)cn3)CC1F)C2. The summed E-state index contributed by atoms with van der Waals surface area (Å²) in [4.78, 5) is 27.9. The highest BCUT2D eigenvalue weighted by molar-refractivity contribution is 5.80. The van der Waals surface area contributed by atoms with Gasteiger partial charge in [0.15, 0.2) is 5.82 Å². The number of pyridine rings is 1. The van der Waals surface area contributed by atoms with Crippen LogP contribution in [0.3, 0.4) is 0 Å². The number of rotatable bonds is 2. The quantitative estimate of drug-likeness (QED) is 0.753. The number of amides is 1. The van der Waals surface area contributed by atoms with Crippen LogP contribution >= 0.6 is 0 Å². The Morgan fingerprint density at radius 3 is 2.76 bits per heavy atom. The van der Waals surface area contributed by atoms with Crippen molar-refractivity contribution in [3.63, 3.8) is 0 Å². The fraction of sp³-hybridized carbons (Fsp3) is 0.421. The first-order chi connectivity index (χ1) is 14.1. The van der Waals surface area contributed by atoms with Gasteiger partial charge in [0.05, 0.1) is 37.9 Å². The number of anilines is 1. The molecule has 29 heavy (non-hydrogen) atoms. The molecule has 2 aliphatic rings. The van der Waals surface area contributed by atoms with Crippen LogP contribution in [0.15, 0.2) is 24.8 Å². The minimum Gasteiger partial charge on any atom is -0.490 e. The van der Waals surface area contributed by atoms with Crippen LogP contribution in [-0.2, 0) is 11.3 Å². The molecule has 1 amide bonds. The van der Waals surface area contributed by atoms with Crippen molar-refractivity contribution in [2.24, 2.45) is 5.92 Å². The fourth-order valence-electron chi connectivity index (χ4n) is 3.65. The number of nitriles is 1. The molecule has 0 aromatic carbocycles. The van der Waals surface area contributed by atoms with Gasteiger partial charge < -0.3 is 14.5 Å². The first kappa shape index (κ1) is 19.0. The van der Waals surface area contributed by atoms with Crippen molar-refractivity contribution in [2.45, 2.75) is 19.1 Å². The topological polar surface area (TPSA) is 95.2 Å². The second-order valence-electron chi connectivity index (χ2n) is 6.95. The molecule has 2 aromatic heterocycles. The van der Waals surface area contributed by atoms with E-state index in [0.717, 1.165) is 12.4 Å². The molecule has 0 spiro atoms. The maximum Gasteiger partial charge on any atom is 0.229 e. The molecule has 4 heterocycles. The molecule has 0 N–H and O–H groups in total. The van der Waals surface area contributed by atoms with Crippen LogP contribution in [-0.4, -0.2) is 58.2 Å². The van der Waals surface area contributed by atoms with Gasteiger partial charge in [-0.05, 0) is 6.42 Å². The van der Waals surface area contributed by atoms with Gasteiger partial charge in [-0.3, -0.25) is 9.78 Å². The number of fused-ring (bicyclic) bond motifs is 1. The second-order valence-corrected chi connectivity index (χ2v) is 6.95. The highest BCUT2D eigenvalue weighted by Crippen LogP contribution is 2.29. The van der Waals surface area contributed by atoms with Gasteiger partial charge >= 0.3 is 0 Å². The van der Waals surface area contributed by atoms with E-state index in [-0.39, 0.29) is 31.6 Å². The van der Waals surface area contributed by atoms with Gasteiger partial charge in [0.1, 0.15) is 30.2 Å². The number of carbonyl (C=O) groups excluding carboxylic acids is 1. The van der Waals surface area contributed by atoms with Gasteiger partial charge in [0.2, 0.25) is 11.9 Å². The Morgan fingerprint density at radius 2 is 2.03 bits per heavy atom. The molecule has 8 nitrogen and oxygen atoms in total. The average Bonchev–Trinajstić information content (AvgIpc) is 2.96. The largest absolute Gasteiger partial charge is 0.490 e. The fourth-order valence-corrected chi connectivity index (χ4v) is 3.65. The summed E-state index contributed by atoms with van der Waals surface area (Å²) in [6.45, 7) is 1.08. The van der Waals surface area contributed by atoms with Crippen molar-refractivity contribution in [1.29, 1.82) is 5.26 Å². The van der Waals surface area contributed by atoms with Crippen molar-refractivity contribution >= 4 is 11.9 Å². The van der Waals surface area contributed by atoms with Crippen LogP contribution in [0.5, 0.6) is 5.75 Å². The maximum atomic E-state index is 14.9. The summed E-state index contributed by atoms with van der Waals surface area (Å²) in [5, 5.41) is 9.20. The average molecular weight is 400 g/mol. The molecular formula is C19H18F2N6O2. The van der Waals surface area contributed by atoms with Crippen LogP contribution < -0.4 is 9.64 Å². The predicted molar refractivity (Wildman–Crippen MR) is 97.1 cm³/mol. The standard InChI is InChI=1S/C19H18F2N6O2/c20-14-8-24-19(25-9-14)27-2-1-15(16(21)11-27)18(28)26-3-4-29-17-12(5-22)6-23-7-13(17)10-26/h6-9,15-16H,1-4,10-11H2. The number of ether oxygens (including phenoxy) is 1. The molecular weight excluding hydrogens is 382 g/mol. The van der Waals surface area contributed by atoms with Gasteiger partial charge in [-0.15, -0.1) is 0 Å². The lowest BCUT2D eigenvalue weighted by atomic mass is 9.93. The molecule has 4 rings (SSSR count). The van der Waals surface area contributed by atoms with E-state index in [0.29, 0.717) is 36.4 Å². The molecule has 0 aliphatic carbocycles. The number of hydrogen-bond acceptors (Lipinski definition) is 7. The number of nitrogens with zero attached hydrogens (tertiary/aromatic N) is 6. The molecule has 2 atom stereocenters. The lowest BCUT2D eigenvalue weighted by Crippen LogP contribution is -2.49. The van der Waals surface area contributed by atoms with E-state index in [1.165, 1.54) is 6.20 Å². The Bertz CT molecular complexity index is 949. The van der Waals surface area contributed by atoms with Crippen molar-refractivity contribution in [1.82, 2.24) is 19.9 Å². The first-order valence-corrected chi connectivity index (χ1v) is 9.22. The molecule has 0 bridgehead atoms. The number of piperidine rings is 1. The van der Waals surface area contributed by atoms with E-state index in [1.54, 1.807) is 16.0 Å². The number of halogens is 2. The Balaban J connectivity index is 1.46. The summed E-state index contributed by atoms with van der Waals surface area (Å²) in [6.07, 6.45) is 3.93. The molecule has 1 fully saturated rings. The summed E-state index contributed by atoms with van der Waals surface area (Å²) in [5.41, 5.74) is 0.940. The Hall–Kier alpha value is -3.35. The van der Waals surface area contributed by atoms with Gasteiger partial charge in [-0.2, -0.15) is 5.26 Å². The summed E-state index contributed by atoms with van der Waals surface area (Å²) in [5.74, 6) is -0.977. The number of hydrogen-bond donors (Lipinski definition) is 0. The zero-order valence-electron chi connectivity index (χ0n) is 15.5. The number of carbonyl (C=O) groups is 1. The Morgan fingerprint density at radius 1 is 1.24 bits per heavy atom. The van der Waals surface area contributed by atoms with E-state index < -0.39 is 17.9 Å². The van der Waals surface area contributed by atoms with Crippen molar-refractivity contribution in [3.8, 4) is 11.8 Å². The van der Waals surface area contributed by atoms with Gasteiger partial charge in [0, 0.05) is 24.5 Å². The molecule has 2 unspecified atom stereocenters.